The average Bonchev–Trinajstić information content (AvgIpc) is 3.17. The minimum atomic E-state index is -0.0955. The molecule has 1 aliphatic heterocycles. The number of para-hydroxylation sites is 1. The summed E-state index contributed by atoms with van der Waals surface area (Å²) >= 11 is 0. The lowest BCUT2D eigenvalue weighted by molar-refractivity contribution is 0.0925. The maximum Gasteiger partial charge on any atom is 0.251 e. The van der Waals surface area contributed by atoms with Crippen molar-refractivity contribution in [3.8, 4) is 11.4 Å². The first-order valence-electron chi connectivity index (χ1n) is 7.79. The molecule has 0 saturated carbocycles. The summed E-state index contributed by atoms with van der Waals surface area (Å²) in [5, 5.41) is 7.16. The van der Waals surface area contributed by atoms with Crippen LogP contribution in [-0.4, -0.2) is 27.3 Å². The Bertz CT molecular complexity index is 844. The van der Waals surface area contributed by atoms with E-state index in [-0.39, 0.29) is 11.9 Å². The summed E-state index contributed by atoms with van der Waals surface area (Å²) in [5.41, 5.74) is 2.50. The number of hydrogen-bond acceptors (Lipinski definition) is 4. The van der Waals surface area contributed by atoms with Crippen LogP contribution < -0.4 is 10.1 Å². The predicted octanol–water partition coefficient (Wildman–Crippen LogP) is 2.52. The number of nitrogens with one attached hydrogen (secondary N) is 1. The van der Waals surface area contributed by atoms with Gasteiger partial charge in [-0.1, -0.05) is 18.2 Å². The first kappa shape index (κ1) is 14.4. The average molecular weight is 320 g/mol. The van der Waals surface area contributed by atoms with Crippen molar-refractivity contribution < 1.29 is 9.53 Å². The van der Waals surface area contributed by atoms with Crippen molar-refractivity contribution in [3.63, 3.8) is 0 Å². The number of benzene rings is 2. The molecule has 1 atom stereocenters. The number of aromatic nitrogens is 3. The zero-order valence-corrected chi connectivity index (χ0v) is 12.9. The molecule has 24 heavy (non-hydrogen) atoms. The van der Waals surface area contributed by atoms with E-state index < -0.39 is 0 Å². The second-order valence-electron chi connectivity index (χ2n) is 5.59. The quantitative estimate of drug-likeness (QED) is 0.805. The topological polar surface area (TPSA) is 69.0 Å². The fraction of sp³-hybridized carbons (Fsp3) is 0.167. The summed E-state index contributed by atoms with van der Waals surface area (Å²) < 4.78 is 7.28. The summed E-state index contributed by atoms with van der Waals surface area (Å²) in [6.07, 6.45) is 3.86. The molecule has 3 aromatic rings. The zero-order chi connectivity index (χ0) is 16.4. The number of fused-ring (bicyclic) bond motifs is 1. The number of carbonyl (C=O) groups excluding carboxylic acids is 1. The van der Waals surface area contributed by atoms with Crippen molar-refractivity contribution in [1.29, 1.82) is 0 Å². The maximum absolute atomic E-state index is 12.5. The molecule has 4 rings (SSSR count). The summed E-state index contributed by atoms with van der Waals surface area (Å²) in [7, 11) is 0. The van der Waals surface area contributed by atoms with Crippen LogP contribution in [0.1, 0.15) is 28.4 Å². The molecule has 0 fully saturated rings. The molecule has 0 spiro atoms. The molecule has 0 radical (unpaired) electrons. The molecular formula is C18H16N4O2. The number of nitrogens with zero attached hydrogens (tertiary/aromatic N) is 3. The highest BCUT2D eigenvalue weighted by Gasteiger charge is 2.23. The van der Waals surface area contributed by atoms with Gasteiger partial charge in [-0.25, -0.2) is 9.67 Å². The Balaban J connectivity index is 1.51. The molecule has 1 N–H and O–H groups in total. The number of ether oxygens (including phenoxy) is 1. The van der Waals surface area contributed by atoms with E-state index in [0.717, 1.165) is 23.4 Å². The number of hydrogen-bond donors (Lipinski definition) is 1. The third-order valence-electron chi connectivity index (χ3n) is 4.08. The highest BCUT2D eigenvalue weighted by molar-refractivity contribution is 5.94. The molecule has 120 valence electrons. The molecule has 2 heterocycles. The van der Waals surface area contributed by atoms with Gasteiger partial charge in [0.25, 0.3) is 5.91 Å². The first-order valence-corrected chi connectivity index (χ1v) is 7.79. The number of carbonyl (C=O) groups is 1. The second kappa shape index (κ2) is 6.16. The molecule has 0 saturated heterocycles. The van der Waals surface area contributed by atoms with E-state index in [1.54, 1.807) is 23.1 Å². The highest BCUT2D eigenvalue weighted by Crippen LogP contribution is 2.31. The van der Waals surface area contributed by atoms with E-state index >= 15 is 0 Å². The lowest BCUT2D eigenvalue weighted by Crippen LogP contribution is -2.32. The molecule has 6 nitrogen and oxygen atoms in total. The van der Waals surface area contributed by atoms with Crippen LogP contribution in [0.3, 0.4) is 0 Å². The second-order valence-corrected chi connectivity index (χ2v) is 5.59. The monoisotopic (exact) mass is 320 g/mol. The minimum Gasteiger partial charge on any atom is -0.493 e. The Labute approximate surface area is 139 Å². The Kier molecular flexibility index (Phi) is 3.70. The van der Waals surface area contributed by atoms with Crippen LogP contribution >= 0.6 is 0 Å². The normalized spacial score (nSPS) is 16.1. The van der Waals surface area contributed by atoms with E-state index in [9.17, 15) is 4.79 Å². The Morgan fingerprint density at radius 2 is 2.00 bits per heavy atom. The van der Waals surface area contributed by atoms with Crippen LogP contribution in [0.5, 0.6) is 5.75 Å². The van der Waals surface area contributed by atoms with Crippen LogP contribution in [-0.2, 0) is 0 Å². The van der Waals surface area contributed by atoms with Crippen molar-refractivity contribution in [2.45, 2.75) is 12.5 Å². The van der Waals surface area contributed by atoms with Crippen LogP contribution in [0, 0.1) is 0 Å². The summed E-state index contributed by atoms with van der Waals surface area (Å²) in [6.45, 7) is 0.604. The molecule has 2 aromatic carbocycles. The Morgan fingerprint density at radius 1 is 1.17 bits per heavy atom. The van der Waals surface area contributed by atoms with Crippen LogP contribution in [0.25, 0.3) is 5.69 Å². The van der Waals surface area contributed by atoms with Gasteiger partial charge in [-0.3, -0.25) is 4.79 Å². The van der Waals surface area contributed by atoms with Crippen LogP contribution in [0.4, 0.5) is 0 Å². The largest absolute Gasteiger partial charge is 0.493 e. The summed E-state index contributed by atoms with van der Waals surface area (Å²) in [6, 6.07) is 15.1. The van der Waals surface area contributed by atoms with Crippen molar-refractivity contribution >= 4 is 5.91 Å². The van der Waals surface area contributed by atoms with E-state index in [0.29, 0.717) is 12.2 Å². The SMILES string of the molecule is O=C(N[C@@H]1CCOc2ccccc21)c1ccc(-n2cncn2)cc1. The number of amides is 1. The third-order valence-corrected chi connectivity index (χ3v) is 4.08. The van der Waals surface area contributed by atoms with E-state index in [1.165, 1.54) is 6.33 Å². The first-order chi connectivity index (χ1) is 11.8. The van der Waals surface area contributed by atoms with Crippen molar-refractivity contribution in [2.75, 3.05) is 6.61 Å². The standard InChI is InChI=1S/C18H16N4O2/c23-18(13-5-7-14(8-6-13)22-12-19-11-20-22)21-16-9-10-24-17-4-2-1-3-15(16)17/h1-8,11-12,16H,9-10H2,(H,21,23)/t16-/m1/s1. The molecule has 1 aliphatic rings. The summed E-state index contributed by atoms with van der Waals surface area (Å²) in [4.78, 5) is 16.4. The van der Waals surface area contributed by atoms with Gasteiger partial charge in [-0.2, -0.15) is 5.10 Å². The number of rotatable bonds is 3. The van der Waals surface area contributed by atoms with Gasteiger partial charge >= 0.3 is 0 Å². The third kappa shape index (κ3) is 2.74. The summed E-state index contributed by atoms with van der Waals surface area (Å²) in [5.74, 6) is 0.748. The molecular weight excluding hydrogens is 304 g/mol. The van der Waals surface area contributed by atoms with Gasteiger partial charge in [0.15, 0.2) is 0 Å². The fourth-order valence-electron chi connectivity index (χ4n) is 2.84. The zero-order valence-electron chi connectivity index (χ0n) is 12.9. The van der Waals surface area contributed by atoms with E-state index in [2.05, 4.69) is 15.4 Å². The molecule has 6 heteroatoms. The lowest BCUT2D eigenvalue weighted by atomic mass is 10.00. The Morgan fingerprint density at radius 3 is 2.79 bits per heavy atom. The van der Waals surface area contributed by atoms with Crippen LogP contribution in [0.2, 0.25) is 0 Å². The smallest absolute Gasteiger partial charge is 0.251 e. The molecule has 1 amide bonds. The van der Waals surface area contributed by atoms with E-state index in [4.69, 9.17) is 4.74 Å². The van der Waals surface area contributed by atoms with E-state index in [1.807, 2.05) is 36.4 Å². The van der Waals surface area contributed by atoms with Crippen molar-refractivity contribution in [1.82, 2.24) is 20.1 Å². The van der Waals surface area contributed by atoms with Crippen LogP contribution in [0.15, 0.2) is 61.2 Å². The van der Waals surface area contributed by atoms with Gasteiger partial charge in [-0.05, 0) is 30.3 Å². The van der Waals surface area contributed by atoms with Gasteiger partial charge in [0.05, 0.1) is 18.3 Å². The Hall–Kier alpha value is -3.15. The molecule has 0 bridgehead atoms. The lowest BCUT2D eigenvalue weighted by Gasteiger charge is -2.26. The molecule has 1 aromatic heterocycles. The minimum absolute atomic E-state index is 0.0301. The molecule has 0 unspecified atom stereocenters. The van der Waals surface area contributed by atoms with Crippen molar-refractivity contribution in [2.24, 2.45) is 0 Å². The van der Waals surface area contributed by atoms with Crippen molar-refractivity contribution in [3.05, 3.63) is 72.3 Å². The van der Waals surface area contributed by atoms with Gasteiger partial charge in [0.1, 0.15) is 18.4 Å². The molecule has 0 aliphatic carbocycles. The highest BCUT2D eigenvalue weighted by atomic mass is 16.5. The van der Waals surface area contributed by atoms with Gasteiger partial charge in [0.2, 0.25) is 0 Å². The van der Waals surface area contributed by atoms with Gasteiger partial charge in [-0.15, -0.1) is 0 Å². The predicted molar refractivity (Wildman–Crippen MR) is 88.1 cm³/mol. The fourth-order valence-corrected chi connectivity index (χ4v) is 2.84. The van der Waals surface area contributed by atoms with Gasteiger partial charge < -0.3 is 10.1 Å². The van der Waals surface area contributed by atoms with Gasteiger partial charge in [0, 0.05) is 17.5 Å². The maximum atomic E-state index is 12.5.